The molecule has 0 saturated heterocycles. The van der Waals surface area contributed by atoms with E-state index in [2.05, 4.69) is 4.98 Å². The van der Waals surface area contributed by atoms with Crippen LogP contribution < -0.4 is 0 Å². The molecule has 0 radical (unpaired) electrons. The Labute approximate surface area is 104 Å². The van der Waals surface area contributed by atoms with E-state index in [-0.39, 0.29) is 0 Å². The molecule has 1 aliphatic carbocycles. The second-order valence-corrected chi connectivity index (χ2v) is 4.48. The van der Waals surface area contributed by atoms with Gasteiger partial charge < -0.3 is 4.74 Å². The van der Waals surface area contributed by atoms with Crippen LogP contribution in [0.2, 0.25) is 10.2 Å². The van der Waals surface area contributed by atoms with Crippen LogP contribution in [0.15, 0.2) is 6.07 Å². The standard InChI is InChI=1S/C11H11Cl2NO2/c1-2-16-11(15)9-7(12)5-8(13)14-10(9)6-3-4-6/h5-6H,2-4H2,1H3. The fourth-order valence-electron chi connectivity index (χ4n) is 1.56. The second kappa shape index (κ2) is 4.60. The van der Waals surface area contributed by atoms with Crippen molar-refractivity contribution in [2.45, 2.75) is 25.7 Å². The first-order valence-electron chi connectivity index (χ1n) is 5.16. The maximum atomic E-state index is 11.7. The van der Waals surface area contributed by atoms with Gasteiger partial charge >= 0.3 is 5.97 Å². The van der Waals surface area contributed by atoms with Crippen molar-refractivity contribution in [2.24, 2.45) is 0 Å². The lowest BCUT2D eigenvalue weighted by Crippen LogP contribution is -2.10. The molecule has 0 aromatic carbocycles. The van der Waals surface area contributed by atoms with E-state index in [1.54, 1.807) is 6.92 Å². The van der Waals surface area contributed by atoms with Gasteiger partial charge in [0.2, 0.25) is 0 Å². The molecule has 0 bridgehead atoms. The minimum absolute atomic E-state index is 0.301. The summed E-state index contributed by atoms with van der Waals surface area (Å²) < 4.78 is 4.96. The van der Waals surface area contributed by atoms with Gasteiger partial charge in [-0.25, -0.2) is 9.78 Å². The molecule has 5 heteroatoms. The summed E-state index contributed by atoms with van der Waals surface area (Å²) in [5.74, 6) is -0.117. The third kappa shape index (κ3) is 2.30. The fraction of sp³-hybridized carbons (Fsp3) is 0.455. The lowest BCUT2D eigenvalue weighted by atomic mass is 10.1. The van der Waals surface area contributed by atoms with Crippen molar-refractivity contribution in [1.29, 1.82) is 0 Å². The molecule has 1 aliphatic rings. The largest absolute Gasteiger partial charge is 0.462 e. The number of esters is 1. The van der Waals surface area contributed by atoms with Gasteiger partial charge in [0, 0.05) is 5.92 Å². The Bertz CT molecular complexity index is 430. The summed E-state index contributed by atoms with van der Waals surface area (Å²) in [7, 11) is 0. The van der Waals surface area contributed by atoms with E-state index in [9.17, 15) is 4.79 Å². The predicted molar refractivity (Wildman–Crippen MR) is 62.2 cm³/mol. The van der Waals surface area contributed by atoms with Gasteiger partial charge in [-0.3, -0.25) is 0 Å². The van der Waals surface area contributed by atoms with Gasteiger partial charge in [-0.15, -0.1) is 0 Å². The highest BCUT2D eigenvalue weighted by molar-refractivity contribution is 6.36. The lowest BCUT2D eigenvalue weighted by Gasteiger charge is -2.09. The first kappa shape index (κ1) is 11.7. The summed E-state index contributed by atoms with van der Waals surface area (Å²) in [6, 6.07) is 1.47. The topological polar surface area (TPSA) is 39.2 Å². The highest BCUT2D eigenvalue weighted by atomic mass is 35.5. The van der Waals surface area contributed by atoms with Gasteiger partial charge in [-0.1, -0.05) is 23.2 Å². The first-order valence-corrected chi connectivity index (χ1v) is 5.92. The number of halogens is 2. The Morgan fingerprint density at radius 1 is 1.56 bits per heavy atom. The molecule has 3 nitrogen and oxygen atoms in total. The Morgan fingerprint density at radius 2 is 2.25 bits per heavy atom. The second-order valence-electron chi connectivity index (χ2n) is 3.68. The van der Waals surface area contributed by atoms with E-state index < -0.39 is 5.97 Å². The third-order valence-electron chi connectivity index (χ3n) is 2.41. The highest BCUT2D eigenvalue weighted by Crippen LogP contribution is 2.42. The number of carbonyl (C=O) groups is 1. The van der Waals surface area contributed by atoms with Crippen molar-refractivity contribution >= 4 is 29.2 Å². The summed E-state index contributed by atoms with van der Waals surface area (Å²) in [6.45, 7) is 2.08. The van der Waals surface area contributed by atoms with Gasteiger partial charge in [0.15, 0.2) is 0 Å². The zero-order valence-corrected chi connectivity index (χ0v) is 10.3. The number of ether oxygens (including phenoxy) is 1. The van der Waals surface area contributed by atoms with Crippen LogP contribution in [0.4, 0.5) is 0 Å². The fourth-order valence-corrected chi connectivity index (χ4v) is 2.09. The van der Waals surface area contributed by atoms with Crippen LogP contribution in [0.5, 0.6) is 0 Å². The molecule has 1 heterocycles. The average Bonchev–Trinajstić information content (AvgIpc) is 2.99. The zero-order valence-electron chi connectivity index (χ0n) is 8.80. The Morgan fingerprint density at radius 3 is 2.81 bits per heavy atom. The monoisotopic (exact) mass is 259 g/mol. The van der Waals surface area contributed by atoms with Crippen LogP contribution in [0, 0.1) is 0 Å². The van der Waals surface area contributed by atoms with Crippen molar-refractivity contribution in [2.75, 3.05) is 6.61 Å². The number of aromatic nitrogens is 1. The molecule has 0 aliphatic heterocycles. The van der Waals surface area contributed by atoms with E-state index in [1.807, 2.05) is 0 Å². The summed E-state index contributed by atoms with van der Waals surface area (Å²) in [6.07, 6.45) is 2.05. The molecule has 1 aromatic rings. The number of pyridine rings is 1. The normalized spacial score (nSPS) is 14.9. The molecular weight excluding hydrogens is 249 g/mol. The Balaban J connectivity index is 2.44. The van der Waals surface area contributed by atoms with Gasteiger partial charge in [-0.2, -0.15) is 0 Å². The van der Waals surface area contributed by atoms with Crippen LogP contribution in [-0.4, -0.2) is 17.6 Å². The van der Waals surface area contributed by atoms with Gasteiger partial charge in [-0.05, 0) is 25.8 Å². The zero-order chi connectivity index (χ0) is 11.7. The average molecular weight is 260 g/mol. The molecule has 1 fully saturated rings. The molecule has 1 aromatic heterocycles. The van der Waals surface area contributed by atoms with Crippen LogP contribution in [0.1, 0.15) is 41.7 Å². The first-order chi connectivity index (χ1) is 7.63. The summed E-state index contributed by atoms with van der Waals surface area (Å²) in [5.41, 5.74) is 1.05. The Kier molecular flexibility index (Phi) is 3.36. The molecule has 0 N–H and O–H groups in total. The van der Waals surface area contributed by atoms with Crippen molar-refractivity contribution < 1.29 is 9.53 Å². The molecular formula is C11H11Cl2NO2. The quantitative estimate of drug-likeness (QED) is 0.617. The minimum Gasteiger partial charge on any atom is -0.462 e. The van der Waals surface area contributed by atoms with Crippen LogP contribution >= 0.6 is 23.2 Å². The van der Waals surface area contributed by atoms with Gasteiger partial charge in [0.05, 0.1) is 17.3 Å². The Hall–Kier alpha value is -0.800. The molecule has 0 unspecified atom stereocenters. The number of rotatable bonds is 3. The van der Waals surface area contributed by atoms with Gasteiger partial charge in [0.1, 0.15) is 10.7 Å². The highest BCUT2D eigenvalue weighted by Gasteiger charge is 2.32. The molecule has 0 amide bonds. The van der Waals surface area contributed by atoms with Gasteiger partial charge in [0.25, 0.3) is 0 Å². The van der Waals surface area contributed by atoms with Crippen LogP contribution in [0.25, 0.3) is 0 Å². The smallest absolute Gasteiger partial charge is 0.341 e. The SMILES string of the molecule is CCOC(=O)c1c(Cl)cc(Cl)nc1C1CC1. The van der Waals surface area contributed by atoms with E-state index in [0.29, 0.717) is 34.0 Å². The molecule has 2 rings (SSSR count). The van der Waals surface area contributed by atoms with E-state index >= 15 is 0 Å². The summed E-state index contributed by atoms with van der Waals surface area (Å²) >= 11 is 11.8. The molecule has 0 spiro atoms. The van der Waals surface area contributed by atoms with Crippen molar-refractivity contribution in [3.05, 3.63) is 27.5 Å². The summed E-state index contributed by atoms with van der Waals surface area (Å²) in [5, 5.41) is 0.639. The molecule has 0 atom stereocenters. The summed E-state index contributed by atoms with van der Waals surface area (Å²) in [4.78, 5) is 15.9. The van der Waals surface area contributed by atoms with E-state index in [0.717, 1.165) is 12.8 Å². The number of hydrogen-bond donors (Lipinski definition) is 0. The van der Waals surface area contributed by atoms with Crippen molar-refractivity contribution in [3.63, 3.8) is 0 Å². The number of hydrogen-bond acceptors (Lipinski definition) is 3. The third-order valence-corrected chi connectivity index (χ3v) is 2.90. The van der Waals surface area contributed by atoms with Crippen LogP contribution in [-0.2, 0) is 4.74 Å². The number of nitrogens with zero attached hydrogens (tertiary/aromatic N) is 1. The van der Waals surface area contributed by atoms with Crippen molar-refractivity contribution in [3.8, 4) is 0 Å². The van der Waals surface area contributed by atoms with Crippen molar-refractivity contribution in [1.82, 2.24) is 4.98 Å². The molecule has 16 heavy (non-hydrogen) atoms. The maximum Gasteiger partial charge on any atom is 0.341 e. The molecule has 1 saturated carbocycles. The lowest BCUT2D eigenvalue weighted by molar-refractivity contribution is 0.0524. The van der Waals surface area contributed by atoms with E-state index in [4.69, 9.17) is 27.9 Å². The predicted octanol–water partition coefficient (Wildman–Crippen LogP) is 3.44. The number of carbonyl (C=O) groups excluding carboxylic acids is 1. The van der Waals surface area contributed by atoms with E-state index in [1.165, 1.54) is 6.07 Å². The minimum atomic E-state index is -0.418. The maximum absolute atomic E-state index is 11.7. The molecule has 86 valence electrons. The van der Waals surface area contributed by atoms with Crippen LogP contribution in [0.3, 0.4) is 0 Å².